The molecule has 2 aromatic rings. The molecule has 2 aromatic carbocycles. The van der Waals surface area contributed by atoms with Crippen molar-refractivity contribution >= 4 is 17.5 Å². The lowest BCUT2D eigenvalue weighted by atomic mass is 9.71. The molecule has 1 fully saturated rings. The number of fused-ring (bicyclic) bond motifs is 1. The van der Waals surface area contributed by atoms with E-state index in [0.717, 1.165) is 30.5 Å². The van der Waals surface area contributed by atoms with Crippen LogP contribution in [0.15, 0.2) is 54.6 Å². The van der Waals surface area contributed by atoms with Crippen LogP contribution in [0.4, 0.5) is 5.69 Å². The highest BCUT2D eigenvalue weighted by Gasteiger charge is 2.39. The zero-order valence-corrected chi connectivity index (χ0v) is 14.6. The third-order valence-corrected chi connectivity index (χ3v) is 5.28. The Bertz CT molecular complexity index is 815. The van der Waals surface area contributed by atoms with Crippen LogP contribution >= 0.6 is 0 Å². The summed E-state index contributed by atoms with van der Waals surface area (Å²) in [6.45, 7) is 0.377. The van der Waals surface area contributed by atoms with Crippen molar-refractivity contribution in [2.24, 2.45) is 0 Å². The van der Waals surface area contributed by atoms with E-state index in [0.29, 0.717) is 12.3 Å². The molecular weight excluding hydrogens is 328 g/mol. The predicted molar refractivity (Wildman–Crippen MR) is 99.0 cm³/mol. The third-order valence-electron chi connectivity index (χ3n) is 5.28. The molecule has 2 aliphatic rings. The molecule has 0 radical (unpaired) electrons. The number of hydrogen-bond acceptors (Lipinski definition) is 3. The fourth-order valence-corrected chi connectivity index (χ4v) is 3.72. The largest absolute Gasteiger partial charge is 0.482 e. The van der Waals surface area contributed by atoms with Gasteiger partial charge in [-0.3, -0.25) is 9.59 Å². The van der Waals surface area contributed by atoms with Gasteiger partial charge in [-0.05, 0) is 37.0 Å². The maximum absolute atomic E-state index is 12.6. The molecule has 26 heavy (non-hydrogen) atoms. The number of nitrogens with zero attached hydrogens (tertiary/aromatic N) is 1. The highest BCUT2D eigenvalue weighted by Crippen LogP contribution is 2.41. The SMILES string of the molecule is O=C(CCN1C(=O)COc2ccccc21)NC1(c2ccccc2)CCC1. The fraction of sp³-hybridized carbons (Fsp3) is 0.333. The Morgan fingerprint density at radius 3 is 2.54 bits per heavy atom. The second-order valence-corrected chi connectivity index (χ2v) is 6.90. The van der Waals surface area contributed by atoms with Crippen molar-refractivity contribution in [3.8, 4) is 5.75 Å². The Labute approximate surface area is 153 Å². The standard InChI is InChI=1S/C21H22N2O3/c24-19(22-21(12-6-13-21)16-7-2-1-3-8-16)11-14-23-17-9-4-5-10-18(17)26-15-20(23)25/h1-5,7-10H,6,11-15H2,(H,22,24). The minimum absolute atomic E-state index is 0.0204. The van der Waals surface area contributed by atoms with Gasteiger partial charge < -0.3 is 15.0 Å². The van der Waals surface area contributed by atoms with E-state index in [1.807, 2.05) is 42.5 Å². The second-order valence-electron chi connectivity index (χ2n) is 6.90. The van der Waals surface area contributed by atoms with E-state index >= 15 is 0 Å². The van der Waals surface area contributed by atoms with Crippen LogP contribution in [0.2, 0.25) is 0 Å². The van der Waals surface area contributed by atoms with Crippen molar-refractivity contribution in [3.05, 3.63) is 60.2 Å². The number of amides is 2. The Morgan fingerprint density at radius 2 is 1.81 bits per heavy atom. The maximum atomic E-state index is 12.6. The Morgan fingerprint density at radius 1 is 1.08 bits per heavy atom. The summed E-state index contributed by atoms with van der Waals surface area (Å²) < 4.78 is 5.45. The summed E-state index contributed by atoms with van der Waals surface area (Å²) in [6, 6.07) is 17.6. The summed E-state index contributed by atoms with van der Waals surface area (Å²) >= 11 is 0. The highest BCUT2D eigenvalue weighted by molar-refractivity contribution is 5.98. The molecule has 2 amide bonds. The van der Waals surface area contributed by atoms with Crippen molar-refractivity contribution in [1.82, 2.24) is 5.32 Å². The average molecular weight is 350 g/mol. The molecule has 5 heteroatoms. The van der Waals surface area contributed by atoms with E-state index in [4.69, 9.17) is 4.74 Å². The van der Waals surface area contributed by atoms with E-state index in [1.54, 1.807) is 4.90 Å². The molecule has 1 saturated carbocycles. The molecule has 0 unspecified atom stereocenters. The lowest BCUT2D eigenvalue weighted by Crippen LogP contribution is -2.51. The van der Waals surface area contributed by atoms with Crippen LogP contribution in [0.1, 0.15) is 31.2 Å². The molecule has 1 aliphatic carbocycles. The first-order valence-corrected chi connectivity index (χ1v) is 9.07. The van der Waals surface area contributed by atoms with Gasteiger partial charge >= 0.3 is 0 Å². The summed E-state index contributed by atoms with van der Waals surface area (Å²) in [7, 11) is 0. The van der Waals surface area contributed by atoms with Crippen LogP contribution in [-0.2, 0) is 15.1 Å². The van der Waals surface area contributed by atoms with E-state index in [9.17, 15) is 9.59 Å². The number of nitrogens with one attached hydrogen (secondary N) is 1. The van der Waals surface area contributed by atoms with Gasteiger partial charge in [0, 0.05) is 13.0 Å². The molecule has 5 nitrogen and oxygen atoms in total. The molecule has 1 aliphatic heterocycles. The number of carbonyl (C=O) groups excluding carboxylic acids is 2. The van der Waals surface area contributed by atoms with Gasteiger partial charge in [-0.15, -0.1) is 0 Å². The molecular formula is C21H22N2O3. The smallest absolute Gasteiger partial charge is 0.265 e. The number of para-hydroxylation sites is 2. The number of ether oxygens (including phenoxy) is 1. The van der Waals surface area contributed by atoms with Crippen LogP contribution in [0, 0.1) is 0 Å². The fourth-order valence-electron chi connectivity index (χ4n) is 3.72. The van der Waals surface area contributed by atoms with E-state index in [1.165, 1.54) is 0 Å². The van der Waals surface area contributed by atoms with Crippen molar-refractivity contribution in [2.45, 2.75) is 31.2 Å². The molecule has 134 valence electrons. The molecule has 4 rings (SSSR count). The normalized spacial score (nSPS) is 17.7. The molecule has 0 aromatic heterocycles. The summed E-state index contributed by atoms with van der Waals surface area (Å²) in [6.07, 6.45) is 3.31. The Hall–Kier alpha value is -2.82. The van der Waals surface area contributed by atoms with Gasteiger partial charge in [0.1, 0.15) is 5.75 Å². The first-order valence-electron chi connectivity index (χ1n) is 9.07. The molecule has 1 heterocycles. The zero-order chi connectivity index (χ0) is 18.0. The lowest BCUT2D eigenvalue weighted by molar-refractivity contribution is -0.124. The number of anilines is 1. The number of benzene rings is 2. The number of carbonyl (C=O) groups is 2. The van der Waals surface area contributed by atoms with Gasteiger partial charge in [0.05, 0.1) is 11.2 Å². The number of hydrogen-bond donors (Lipinski definition) is 1. The van der Waals surface area contributed by atoms with Gasteiger partial charge in [-0.1, -0.05) is 42.5 Å². The van der Waals surface area contributed by atoms with Gasteiger partial charge in [-0.2, -0.15) is 0 Å². The Balaban J connectivity index is 1.42. The molecule has 0 atom stereocenters. The van der Waals surface area contributed by atoms with Crippen molar-refractivity contribution in [2.75, 3.05) is 18.1 Å². The first kappa shape index (κ1) is 16.6. The number of rotatable bonds is 5. The molecule has 0 bridgehead atoms. The average Bonchev–Trinajstić information content (AvgIpc) is 2.64. The second kappa shape index (κ2) is 6.83. The van der Waals surface area contributed by atoms with Crippen molar-refractivity contribution in [3.63, 3.8) is 0 Å². The summed E-state index contributed by atoms with van der Waals surface area (Å²) in [5.74, 6) is 0.551. The summed E-state index contributed by atoms with van der Waals surface area (Å²) in [5.41, 5.74) is 1.65. The summed E-state index contributed by atoms with van der Waals surface area (Å²) in [4.78, 5) is 26.5. The predicted octanol–water partition coefficient (Wildman–Crippen LogP) is 3.00. The van der Waals surface area contributed by atoms with Gasteiger partial charge in [0.25, 0.3) is 5.91 Å². The van der Waals surface area contributed by atoms with Crippen molar-refractivity contribution in [1.29, 1.82) is 0 Å². The minimum Gasteiger partial charge on any atom is -0.482 e. The van der Waals surface area contributed by atoms with Crippen molar-refractivity contribution < 1.29 is 14.3 Å². The van der Waals surface area contributed by atoms with Crippen LogP contribution in [0.3, 0.4) is 0 Å². The van der Waals surface area contributed by atoms with E-state index < -0.39 is 0 Å². The molecule has 1 N–H and O–H groups in total. The monoisotopic (exact) mass is 350 g/mol. The zero-order valence-electron chi connectivity index (χ0n) is 14.6. The minimum atomic E-state index is -0.245. The van der Waals surface area contributed by atoms with E-state index in [2.05, 4.69) is 17.4 Å². The van der Waals surface area contributed by atoms with Gasteiger partial charge in [0.2, 0.25) is 5.91 Å². The van der Waals surface area contributed by atoms with Gasteiger partial charge in [-0.25, -0.2) is 0 Å². The molecule has 0 saturated heterocycles. The first-order chi connectivity index (χ1) is 12.7. The van der Waals surface area contributed by atoms with Crippen LogP contribution < -0.4 is 15.0 Å². The van der Waals surface area contributed by atoms with Crippen LogP contribution in [-0.4, -0.2) is 25.0 Å². The summed E-state index contributed by atoms with van der Waals surface area (Å²) in [5, 5.41) is 3.22. The van der Waals surface area contributed by atoms with E-state index in [-0.39, 0.29) is 30.4 Å². The van der Waals surface area contributed by atoms with Gasteiger partial charge in [0.15, 0.2) is 6.61 Å². The molecule has 0 spiro atoms. The highest BCUT2D eigenvalue weighted by atomic mass is 16.5. The maximum Gasteiger partial charge on any atom is 0.265 e. The third kappa shape index (κ3) is 3.05. The quantitative estimate of drug-likeness (QED) is 0.902. The topological polar surface area (TPSA) is 58.6 Å². The lowest BCUT2D eigenvalue weighted by Gasteiger charge is -2.43. The van der Waals surface area contributed by atoms with Crippen LogP contribution in [0.25, 0.3) is 0 Å². The Kier molecular flexibility index (Phi) is 4.37. The van der Waals surface area contributed by atoms with Crippen LogP contribution in [0.5, 0.6) is 5.75 Å².